The minimum atomic E-state index is -0.631. The molecule has 4 unspecified atom stereocenters. The molecule has 2 fully saturated rings. The minimum absolute atomic E-state index is 0.145. The van der Waals surface area contributed by atoms with Crippen LogP contribution in [0.2, 0.25) is 0 Å². The summed E-state index contributed by atoms with van der Waals surface area (Å²) in [5.74, 6) is -0.179. The second-order valence-corrected chi connectivity index (χ2v) is 5.48. The number of hydrogen-bond acceptors (Lipinski definition) is 3. The highest BCUT2D eigenvalue weighted by atomic mass is 16.5. The van der Waals surface area contributed by atoms with Gasteiger partial charge in [-0.2, -0.15) is 0 Å². The van der Waals surface area contributed by atoms with Crippen molar-refractivity contribution in [3.8, 4) is 0 Å². The van der Waals surface area contributed by atoms with Crippen molar-refractivity contribution in [3.05, 3.63) is 0 Å². The van der Waals surface area contributed by atoms with Crippen molar-refractivity contribution >= 4 is 5.97 Å². The molecule has 0 bridgehead atoms. The third-order valence-electron chi connectivity index (χ3n) is 4.19. The first kappa shape index (κ1) is 12.8. The van der Waals surface area contributed by atoms with Gasteiger partial charge in [-0.25, -0.2) is 0 Å². The summed E-state index contributed by atoms with van der Waals surface area (Å²) in [6, 6.07) is 0.815. The standard InChI is InChI=1S/C13H23NO3/c1-9(11-5-6-17-8-11)14-12-4-2-3-10(7-12)13(15)16/h9-12,14H,2-8H2,1H3,(H,15,16). The van der Waals surface area contributed by atoms with Gasteiger partial charge in [0.2, 0.25) is 0 Å². The first-order chi connectivity index (χ1) is 8.16. The number of carbonyl (C=O) groups is 1. The largest absolute Gasteiger partial charge is 0.481 e. The zero-order chi connectivity index (χ0) is 12.3. The highest BCUT2D eigenvalue weighted by Gasteiger charge is 2.30. The van der Waals surface area contributed by atoms with E-state index in [1.165, 1.54) is 0 Å². The molecule has 4 nitrogen and oxygen atoms in total. The van der Waals surface area contributed by atoms with E-state index in [-0.39, 0.29) is 5.92 Å². The maximum Gasteiger partial charge on any atom is 0.306 e. The first-order valence-electron chi connectivity index (χ1n) is 6.73. The Hall–Kier alpha value is -0.610. The molecule has 1 saturated heterocycles. The van der Waals surface area contributed by atoms with Crippen LogP contribution >= 0.6 is 0 Å². The average Bonchev–Trinajstić information content (AvgIpc) is 2.82. The lowest BCUT2D eigenvalue weighted by atomic mass is 9.85. The molecule has 2 N–H and O–H groups in total. The van der Waals surface area contributed by atoms with Gasteiger partial charge >= 0.3 is 5.97 Å². The molecule has 0 aromatic rings. The molecule has 2 aliphatic rings. The lowest BCUT2D eigenvalue weighted by Gasteiger charge is -2.31. The van der Waals surface area contributed by atoms with Crippen molar-refractivity contribution in [1.29, 1.82) is 0 Å². The van der Waals surface area contributed by atoms with Crippen LogP contribution in [-0.4, -0.2) is 36.4 Å². The topological polar surface area (TPSA) is 58.6 Å². The van der Waals surface area contributed by atoms with Crippen LogP contribution in [0.1, 0.15) is 39.0 Å². The number of nitrogens with one attached hydrogen (secondary N) is 1. The quantitative estimate of drug-likeness (QED) is 0.785. The van der Waals surface area contributed by atoms with E-state index in [2.05, 4.69) is 12.2 Å². The fourth-order valence-electron chi connectivity index (χ4n) is 3.02. The normalized spacial score (nSPS) is 35.7. The number of hydrogen-bond donors (Lipinski definition) is 2. The van der Waals surface area contributed by atoms with Gasteiger partial charge in [0, 0.05) is 18.7 Å². The number of carboxylic acid groups (broad SMARTS) is 1. The molecule has 1 aliphatic heterocycles. The Bertz CT molecular complexity index is 263. The summed E-state index contributed by atoms with van der Waals surface area (Å²) in [6.07, 6.45) is 4.90. The summed E-state index contributed by atoms with van der Waals surface area (Å²) in [4.78, 5) is 11.0. The molecular formula is C13H23NO3. The van der Waals surface area contributed by atoms with E-state index in [4.69, 9.17) is 9.84 Å². The van der Waals surface area contributed by atoms with Crippen LogP contribution in [0.4, 0.5) is 0 Å². The number of ether oxygens (including phenoxy) is 1. The van der Waals surface area contributed by atoms with Gasteiger partial charge in [-0.3, -0.25) is 4.79 Å². The van der Waals surface area contributed by atoms with E-state index < -0.39 is 5.97 Å². The molecule has 1 aliphatic carbocycles. The highest BCUT2D eigenvalue weighted by molar-refractivity contribution is 5.70. The minimum Gasteiger partial charge on any atom is -0.481 e. The van der Waals surface area contributed by atoms with E-state index in [0.717, 1.165) is 45.3 Å². The van der Waals surface area contributed by atoms with Gasteiger partial charge in [-0.15, -0.1) is 0 Å². The molecule has 4 atom stereocenters. The molecule has 0 spiro atoms. The van der Waals surface area contributed by atoms with Crippen molar-refractivity contribution in [2.75, 3.05) is 13.2 Å². The van der Waals surface area contributed by atoms with E-state index >= 15 is 0 Å². The van der Waals surface area contributed by atoms with Crippen LogP contribution in [0.5, 0.6) is 0 Å². The molecule has 0 aromatic carbocycles. The van der Waals surface area contributed by atoms with Crippen molar-refractivity contribution < 1.29 is 14.6 Å². The summed E-state index contributed by atoms with van der Waals surface area (Å²) in [6.45, 7) is 3.92. The van der Waals surface area contributed by atoms with Crippen LogP contribution in [0.25, 0.3) is 0 Å². The van der Waals surface area contributed by atoms with Crippen molar-refractivity contribution in [1.82, 2.24) is 5.32 Å². The van der Waals surface area contributed by atoms with Gasteiger partial charge in [0.15, 0.2) is 0 Å². The summed E-state index contributed by atoms with van der Waals surface area (Å²) >= 11 is 0. The maximum absolute atomic E-state index is 11.0. The average molecular weight is 241 g/mol. The molecule has 98 valence electrons. The Morgan fingerprint density at radius 3 is 2.88 bits per heavy atom. The second kappa shape index (κ2) is 5.83. The maximum atomic E-state index is 11.0. The van der Waals surface area contributed by atoms with E-state index in [1.54, 1.807) is 0 Å². The Morgan fingerprint density at radius 1 is 1.41 bits per heavy atom. The Labute approximate surface area is 103 Å². The first-order valence-corrected chi connectivity index (χ1v) is 6.73. The molecule has 1 heterocycles. The highest BCUT2D eigenvalue weighted by Crippen LogP contribution is 2.26. The summed E-state index contributed by atoms with van der Waals surface area (Å²) in [5.41, 5.74) is 0. The Morgan fingerprint density at radius 2 is 2.24 bits per heavy atom. The van der Waals surface area contributed by atoms with Gasteiger partial charge in [-0.1, -0.05) is 6.42 Å². The van der Waals surface area contributed by atoms with Crippen molar-refractivity contribution in [2.45, 2.75) is 51.1 Å². The second-order valence-electron chi connectivity index (χ2n) is 5.48. The molecule has 4 heteroatoms. The molecule has 0 aromatic heterocycles. The van der Waals surface area contributed by atoms with E-state index in [0.29, 0.717) is 18.0 Å². The lowest BCUT2D eigenvalue weighted by Crippen LogP contribution is -2.44. The van der Waals surface area contributed by atoms with Gasteiger partial charge < -0.3 is 15.2 Å². The smallest absolute Gasteiger partial charge is 0.306 e. The number of rotatable bonds is 4. The molecule has 17 heavy (non-hydrogen) atoms. The molecule has 0 amide bonds. The third kappa shape index (κ3) is 3.42. The van der Waals surface area contributed by atoms with Crippen LogP contribution in [-0.2, 0) is 9.53 Å². The van der Waals surface area contributed by atoms with Gasteiger partial charge in [0.25, 0.3) is 0 Å². The van der Waals surface area contributed by atoms with Crippen molar-refractivity contribution in [2.24, 2.45) is 11.8 Å². The monoisotopic (exact) mass is 241 g/mol. The zero-order valence-electron chi connectivity index (χ0n) is 10.5. The van der Waals surface area contributed by atoms with E-state index in [9.17, 15) is 4.79 Å². The Kier molecular flexibility index (Phi) is 4.40. The van der Waals surface area contributed by atoms with Crippen LogP contribution < -0.4 is 5.32 Å². The Balaban J connectivity index is 1.79. The predicted molar refractivity (Wildman–Crippen MR) is 64.9 cm³/mol. The fraction of sp³-hybridized carbons (Fsp3) is 0.923. The molecule has 0 radical (unpaired) electrons. The lowest BCUT2D eigenvalue weighted by molar-refractivity contribution is -0.143. The number of aliphatic carboxylic acids is 1. The van der Waals surface area contributed by atoms with Gasteiger partial charge in [0.1, 0.15) is 0 Å². The molecule has 1 saturated carbocycles. The van der Waals surface area contributed by atoms with Crippen LogP contribution in [0, 0.1) is 11.8 Å². The summed E-state index contributed by atoms with van der Waals surface area (Å²) in [5, 5.41) is 12.7. The fourth-order valence-corrected chi connectivity index (χ4v) is 3.02. The summed E-state index contributed by atoms with van der Waals surface area (Å²) in [7, 11) is 0. The predicted octanol–water partition coefficient (Wildman–Crippen LogP) is 1.64. The van der Waals surface area contributed by atoms with Gasteiger partial charge in [-0.05, 0) is 38.5 Å². The van der Waals surface area contributed by atoms with Crippen LogP contribution in [0.15, 0.2) is 0 Å². The third-order valence-corrected chi connectivity index (χ3v) is 4.19. The van der Waals surface area contributed by atoms with Crippen LogP contribution in [0.3, 0.4) is 0 Å². The van der Waals surface area contributed by atoms with Gasteiger partial charge in [0.05, 0.1) is 12.5 Å². The SMILES string of the molecule is CC(NC1CCCC(C(=O)O)C1)C1CCOC1. The molecular weight excluding hydrogens is 218 g/mol. The molecule has 2 rings (SSSR count). The number of carboxylic acids is 1. The summed E-state index contributed by atoms with van der Waals surface area (Å²) < 4.78 is 5.39. The zero-order valence-corrected chi connectivity index (χ0v) is 10.5. The van der Waals surface area contributed by atoms with Crippen molar-refractivity contribution in [3.63, 3.8) is 0 Å². The van der Waals surface area contributed by atoms with E-state index in [1.807, 2.05) is 0 Å².